The van der Waals surface area contributed by atoms with Gasteiger partial charge >= 0.3 is 0 Å². The predicted octanol–water partition coefficient (Wildman–Crippen LogP) is 2.60. The number of amides is 1. The molecule has 2 aromatic heterocycles. The Labute approximate surface area is 118 Å². The molecule has 0 aliphatic heterocycles. The van der Waals surface area contributed by atoms with Crippen LogP contribution in [-0.4, -0.2) is 28.0 Å². The number of hydrogen-bond donors (Lipinski definition) is 0. The highest BCUT2D eigenvalue weighted by Crippen LogP contribution is 2.12. The Bertz CT molecular complexity index is 592. The molecule has 0 unspecified atom stereocenters. The first-order valence-corrected chi connectivity index (χ1v) is 6.72. The molecule has 1 amide bonds. The van der Waals surface area contributed by atoms with E-state index in [-0.39, 0.29) is 5.91 Å². The van der Waals surface area contributed by atoms with Crippen molar-refractivity contribution in [2.24, 2.45) is 0 Å². The van der Waals surface area contributed by atoms with Crippen molar-refractivity contribution in [3.8, 4) is 0 Å². The summed E-state index contributed by atoms with van der Waals surface area (Å²) in [5, 5.41) is 3.84. The van der Waals surface area contributed by atoms with Gasteiger partial charge < -0.3 is 9.42 Å². The molecule has 2 rings (SSSR count). The quantitative estimate of drug-likeness (QED) is 0.840. The molecule has 0 aliphatic rings. The van der Waals surface area contributed by atoms with Crippen LogP contribution in [0.3, 0.4) is 0 Å². The van der Waals surface area contributed by atoms with E-state index in [4.69, 9.17) is 4.52 Å². The molecule has 0 spiro atoms. The molecule has 106 valence electrons. The van der Waals surface area contributed by atoms with E-state index in [1.54, 1.807) is 30.4 Å². The normalized spacial score (nSPS) is 10.6. The van der Waals surface area contributed by atoms with Gasteiger partial charge in [-0.1, -0.05) is 12.1 Å². The lowest BCUT2D eigenvalue weighted by Crippen LogP contribution is -2.26. The van der Waals surface area contributed by atoms with Crippen LogP contribution in [0.1, 0.15) is 40.7 Å². The minimum absolute atomic E-state index is 0.132. The highest BCUT2D eigenvalue weighted by molar-refractivity contribution is 5.92. The first-order valence-electron chi connectivity index (χ1n) is 6.72. The SMILES string of the molecule is CCCc1cc(C(=O)N(C)Cc2ccncc2C)no1. The zero-order valence-corrected chi connectivity index (χ0v) is 12.1. The average molecular weight is 273 g/mol. The van der Waals surface area contributed by atoms with Crippen molar-refractivity contribution in [1.82, 2.24) is 15.0 Å². The molecule has 0 radical (unpaired) electrons. The average Bonchev–Trinajstić information content (AvgIpc) is 2.89. The topological polar surface area (TPSA) is 59.2 Å². The molecule has 0 saturated heterocycles. The van der Waals surface area contributed by atoms with Gasteiger partial charge in [0.05, 0.1) is 0 Å². The fourth-order valence-corrected chi connectivity index (χ4v) is 1.98. The van der Waals surface area contributed by atoms with Crippen molar-refractivity contribution in [1.29, 1.82) is 0 Å². The molecular formula is C15H19N3O2. The van der Waals surface area contributed by atoms with E-state index in [2.05, 4.69) is 17.1 Å². The van der Waals surface area contributed by atoms with Gasteiger partial charge in [-0.2, -0.15) is 0 Å². The Balaban J connectivity index is 2.06. The van der Waals surface area contributed by atoms with Crippen molar-refractivity contribution in [2.45, 2.75) is 33.2 Å². The second-order valence-corrected chi connectivity index (χ2v) is 4.89. The zero-order valence-electron chi connectivity index (χ0n) is 12.1. The second kappa shape index (κ2) is 6.32. The number of carbonyl (C=O) groups excluding carboxylic acids is 1. The molecule has 0 fully saturated rings. The summed E-state index contributed by atoms with van der Waals surface area (Å²) in [7, 11) is 1.76. The van der Waals surface area contributed by atoms with Crippen molar-refractivity contribution < 1.29 is 9.32 Å². The van der Waals surface area contributed by atoms with Gasteiger partial charge in [-0.25, -0.2) is 0 Å². The summed E-state index contributed by atoms with van der Waals surface area (Å²) in [6.45, 7) is 4.57. The lowest BCUT2D eigenvalue weighted by Gasteiger charge is -2.16. The molecular weight excluding hydrogens is 254 g/mol. The summed E-state index contributed by atoms with van der Waals surface area (Å²) in [5.41, 5.74) is 2.51. The van der Waals surface area contributed by atoms with Crippen LogP contribution in [-0.2, 0) is 13.0 Å². The van der Waals surface area contributed by atoms with Crippen LogP contribution in [0.2, 0.25) is 0 Å². The molecule has 5 heteroatoms. The summed E-state index contributed by atoms with van der Waals surface area (Å²) in [6.07, 6.45) is 5.29. The fraction of sp³-hybridized carbons (Fsp3) is 0.400. The summed E-state index contributed by atoms with van der Waals surface area (Å²) in [4.78, 5) is 17.9. The smallest absolute Gasteiger partial charge is 0.276 e. The maximum absolute atomic E-state index is 12.3. The van der Waals surface area contributed by atoms with Gasteiger partial charge in [0.1, 0.15) is 5.76 Å². The summed E-state index contributed by atoms with van der Waals surface area (Å²) >= 11 is 0. The third-order valence-corrected chi connectivity index (χ3v) is 3.17. The van der Waals surface area contributed by atoms with Gasteiger partial charge in [-0.05, 0) is 30.5 Å². The Morgan fingerprint density at radius 1 is 1.45 bits per heavy atom. The van der Waals surface area contributed by atoms with Crippen LogP contribution in [0.25, 0.3) is 0 Å². The number of rotatable bonds is 5. The van der Waals surface area contributed by atoms with E-state index in [1.165, 1.54) is 0 Å². The first-order chi connectivity index (χ1) is 9.61. The molecule has 5 nitrogen and oxygen atoms in total. The van der Waals surface area contributed by atoms with Crippen molar-refractivity contribution >= 4 is 5.91 Å². The monoisotopic (exact) mass is 273 g/mol. The largest absolute Gasteiger partial charge is 0.361 e. The van der Waals surface area contributed by atoms with E-state index < -0.39 is 0 Å². The molecule has 0 N–H and O–H groups in total. The van der Waals surface area contributed by atoms with Crippen LogP contribution < -0.4 is 0 Å². The van der Waals surface area contributed by atoms with Gasteiger partial charge in [0.15, 0.2) is 5.69 Å². The van der Waals surface area contributed by atoms with Crippen LogP contribution in [0.4, 0.5) is 0 Å². The summed E-state index contributed by atoms with van der Waals surface area (Å²) in [6, 6.07) is 3.65. The molecule has 2 aromatic rings. The molecule has 0 saturated carbocycles. The maximum Gasteiger partial charge on any atom is 0.276 e. The third-order valence-electron chi connectivity index (χ3n) is 3.17. The Morgan fingerprint density at radius 2 is 2.25 bits per heavy atom. The van der Waals surface area contributed by atoms with Crippen molar-refractivity contribution in [2.75, 3.05) is 7.05 Å². The molecule has 0 atom stereocenters. The molecule has 0 aliphatic carbocycles. The Morgan fingerprint density at radius 3 is 2.95 bits per heavy atom. The number of aromatic nitrogens is 2. The second-order valence-electron chi connectivity index (χ2n) is 4.89. The summed E-state index contributed by atoms with van der Waals surface area (Å²) in [5.74, 6) is 0.622. The van der Waals surface area contributed by atoms with E-state index in [1.807, 2.05) is 13.0 Å². The van der Waals surface area contributed by atoms with Crippen LogP contribution in [0.5, 0.6) is 0 Å². The fourth-order valence-electron chi connectivity index (χ4n) is 1.98. The van der Waals surface area contributed by atoms with Crippen LogP contribution in [0, 0.1) is 6.92 Å². The Hall–Kier alpha value is -2.17. The number of nitrogens with zero attached hydrogens (tertiary/aromatic N) is 3. The van der Waals surface area contributed by atoms with Gasteiger partial charge in [0.25, 0.3) is 5.91 Å². The lowest BCUT2D eigenvalue weighted by molar-refractivity contribution is 0.0774. The number of hydrogen-bond acceptors (Lipinski definition) is 4. The number of aryl methyl sites for hydroxylation is 2. The van der Waals surface area contributed by atoms with E-state index in [0.29, 0.717) is 12.2 Å². The van der Waals surface area contributed by atoms with Crippen molar-refractivity contribution in [3.05, 3.63) is 47.1 Å². The van der Waals surface area contributed by atoms with E-state index >= 15 is 0 Å². The minimum Gasteiger partial charge on any atom is -0.361 e. The van der Waals surface area contributed by atoms with Gasteiger partial charge in [0.2, 0.25) is 0 Å². The van der Waals surface area contributed by atoms with E-state index in [0.717, 1.165) is 29.7 Å². The highest BCUT2D eigenvalue weighted by Gasteiger charge is 2.17. The first kappa shape index (κ1) is 14.2. The van der Waals surface area contributed by atoms with Crippen LogP contribution >= 0.6 is 0 Å². The highest BCUT2D eigenvalue weighted by atomic mass is 16.5. The maximum atomic E-state index is 12.3. The molecule has 0 bridgehead atoms. The number of carbonyl (C=O) groups is 1. The standard InChI is InChI=1S/C15H19N3O2/c1-4-5-13-8-14(17-20-13)15(19)18(3)10-12-6-7-16-9-11(12)2/h6-9H,4-5,10H2,1-3H3. The summed E-state index contributed by atoms with van der Waals surface area (Å²) < 4.78 is 5.14. The Kier molecular flexibility index (Phi) is 4.50. The van der Waals surface area contributed by atoms with Crippen LogP contribution in [0.15, 0.2) is 29.0 Å². The van der Waals surface area contributed by atoms with Gasteiger partial charge in [0, 0.05) is 38.5 Å². The lowest BCUT2D eigenvalue weighted by atomic mass is 10.1. The molecule has 2 heterocycles. The van der Waals surface area contributed by atoms with Crippen molar-refractivity contribution in [3.63, 3.8) is 0 Å². The predicted molar refractivity (Wildman–Crippen MR) is 75.3 cm³/mol. The van der Waals surface area contributed by atoms with Gasteiger partial charge in [-0.15, -0.1) is 0 Å². The van der Waals surface area contributed by atoms with E-state index in [9.17, 15) is 4.79 Å². The third kappa shape index (κ3) is 3.23. The number of pyridine rings is 1. The molecule has 0 aromatic carbocycles. The zero-order chi connectivity index (χ0) is 14.5. The molecule has 20 heavy (non-hydrogen) atoms. The van der Waals surface area contributed by atoms with Gasteiger partial charge in [-0.3, -0.25) is 9.78 Å². The minimum atomic E-state index is -0.132.